The number of pyridine rings is 1. The summed E-state index contributed by atoms with van der Waals surface area (Å²) in [6, 6.07) is 3.00. The van der Waals surface area contributed by atoms with Gasteiger partial charge in [0.25, 0.3) is 0 Å². The maximum absolute atomic E-state index is 10.8. The highest BCUT2D eigenvalue weighted by Crippen LogP contribution is 2.23. The molecule has 0 aliphatic rings. The number of aromatic nitrogens is 1. The number of hydrogen-bond donors (Lipinski definition) is 0. The van der Waals surface area contributed by atoms with Crippen LogP contribution >= 0.6 is 0 Å². The molecule has 6 heteroatoms. The summed E-state index contributed by atoms with van der Waals surface area (Å²) in [5.41, 5.74) is 0.0153. The van der Waals surface area contributed by atoms with Crippen LogP contribution in [0, 0.1) is 10.1 Å². The Morgan fingerprint density at radius 2 is 2.38 bits per heavy atom. The van der Waals surface area contributed by atoms with Crippen molar-refractivity contribution in [3.05, 3.63) is 28.4 Å². The quantitative estimate of drug-likeness (QED) is 0.416. The van der Waals surface area contributed by atoms with Crippen molar-refractivity contribution in [1.29, 1.82) is 0 Å². The van der Waals surface area contributed by atoms with E-state index in [1.165, 1.54) is 6.07 Å². The fraction of sp³-hybridized carbons (Fsp3) is 0.500. The van der Waals surface area contributed by atoms with E-state index < -0.39 is 4.92 Å². The Balaban J connectivity index is 2.74. The molecule has 1 heterocycles. The van der Waals surface area contributed by atoms with Gasteiger partial charge in [-0.25, -0.2) is 4.98 Å². The minimum Gasteiger partial charge on any atom is -0.380 e. The van der Waals surface area contributed by atoms with Gasteiger partial charge < -0.3 is 9.64 Å². The molecule has 0 bridgehead atoms. The SMILES string of the molecule is CCOCCN(C)c1ncccc1[N+](=O)[O-]. The molecule has 1 aromatic heterocycles. The van der Waals surface area contributed by atoms with E-state index in [-0.39, 0.29) is 5.69 Å². The van der Waals surface area contributed by atoms with Crippen molar-refractivity contribution in [1.82, 2.24) is 4.98 Å². The molecule has 0 aromatic carbocycles. The smallest absolute Gasteiger partial charge is 0.311 e. The number of hydrogen-bond acceptors (Lipinski definition) is 5. The van der Waals surface area contributed by atoms with Crippen LogP contribution < -0.4 is 4.90 Å². The molecular formula is C10H15N3O3. The highest BCUT2D eigenvalue weighted by atomic mass is 16.6. The monoisotopic (exact) mass is 225 g/mol. The maximum atomic E-state index is 10.8. The van der Waals surface area contributed by atoms with E-state index in [0.717, 1.165) is 0 Å². The average Bonchev–Trinajstić information content (AvgIpc) is 2.29. The molecule has 0 atom stereocenters. The van der Waals surface area contributed by atoms with Gasteiger partial charge in [-0.2, -0.15) is 0 Å². The van der Waals surface area contributed by atoms with Crippen molar-refractivity contribution in [2.24, 2.45) is 0 Å². The largest absolute Gasteiger partial charge is 0.380 e. The Morgan fingerprint density at radius 3 is 3.00 bits per heavy atom. The summed E-state index contributed by atoms with van der Waals surface area (Å²) in [5.74, 6) is 0.368. The first-order valence-corrected chi connectivity index (χ1v) is 5.05. The van der Waals surface area contributed by atoms with Gasteiger partial charge in [-0.1, -0.05) is 0 Å². The molecule has 6 nitrogen and oxygen atoms in total. The summed E-state index contributed by atoms with van der Waals surface area (Å²) in [6.07, 6.45) is 1.54. The van der Waals surface area contributed by atoms with Gasteiger partial charge in [0.15, 0.2) is 0 Å². The topological polar surface area (TPSA) is 68.5 Å². The van der Waals surface area contributed by atoms with Crippen LogP contribution in [0.3, 0.4) is 0 Å². The standard InChI is InChI=1S/C10H15N3O3/c1-3-16-8-7-12(2)10-9(13(14)15)5-4-6-11-10/h4-6H,3,7-8H2,1-2H3. The number of nitrogens with zero attached hydrogens (tertiary/aromatic N) is 3. The Hall–Kier alpha value is -1.69. The van der Waals surface area contributed by atoms with Gasteiger partial charge in [-0.3, -0.25) is 10.1 Å². The van der Waals surface area contributed by atoms with Crippen molar-refractivity contribution in [2.75, 3.05) is 31.7 Å². The van der Waals surface area contributed by atoms with Gasteiger partial charge in [-0.15, -0.1) is 0 Å². The Labute approximate surface area is 94.0 Å². The first-order valence-electron chi connectivity index (χ1n) is 5.05. The van der Waals surface area contributed by atoms with E-state index in [4.69, 9.17) is 4.74 Å². The summed E-state index contributed by atoms with van der Waals surface area (Å²) < 4.78 is 5.19. The zero-order valence-electron chi connectivity index (χ0n) is 9.42. The highest BCUT2D eigenvalue weighted by Gasteiger charge is 2.17. The molecule has 0 aliphatic carbocycles. The third-order valence-corrected chi connectivity index (χ3v) is 2.10. The molecule has 0 aliphatic heterocycles. The molecule has 0 amide bonds. The number of rotatable bonds is 6. The van der Waals surface area contributed by atoms with Gasteiger partial charge in [0, 0.05) is 32.5 Å². The van der Waals surface area contributed by atoms with Crippen molar-refractivity contribution in [2.45, 2.75) is 6.92 Å². The molecule has 0 N–H and O–H groups in total. The second-order valence-corrected chi connectivity index (χ2v) is 3.22. The lowest BCUT2D eigenvalue weighted by atomic mass is 10.3. The van der Waals surface area contributed by atoms with E-state index in [2.05, 4.69) is 4.98 Å². The Morgan fingerprint density at radius 1 is 1.62 bits per heavy atom. The Kier molecular flexibility index (Phi) is 4.65. The Bertz CT molecular complexity index is 357. The second-order valence-electron chi connectivity index (χ2n) is 3.22. The molecule has 0 spiro atoms. The molecule has 88 valence electrons. The molecule has 1 aromatic rings. The third kappa shape index (κ3) is 3.16. The zero-order chi connectivity index (χ0) is 12.0. The number of nitro groups is 1. The van der Waals surface area contributed by atoms with Crippen LogP contribution in [0.25, 0.3) is 0 Å². The van der Waals surface area contributed by atoms with Gasteiger partial charge >= 0.3 is 5.69 Å². The van der Waals surface area contributed by atoms with Crippen LogP contribution in [0.4, 0.5) is 11.5 Å². The molecule has 1 rings (SSSR count). The first-order chi connectivity index (χ1) is 7.66. The maximum Gasteiger partial charge on any atom is 0.311 e. The molecule has 16 heavy (non-hydrogen) atoms. The molecule has 0 radical (unpaired) electrons. The van der Waals surface area contributed by atoms with Crippen LogP contribution in [0.2, 0.25) is 0 Å². The molecular weight excluding hydrogens is 210 g/mol. The summed E-state index contributed by atoms with van der Waals surface area (Å²) in [4.78, 5) is 16.1. The van der Waals surface area contributed by atoms with Gasteiger partial charge in [0.2, 0.25) is 5.82 Å². The van der Waals surface area contributed by atoms with Crippen molar-refractivity contribution < 1.29 is 9.66 Å². The highest BCUT2D eigenvalue weighted by molar-refractivity contribution is 5.56. The lowest BCUT2D eigenvalue weighted by Gasteiger charge is -2.17. The van der Waals surface area contributed by atoms with Crippen molar-refractivity contribution >= 4 is 11.5 Å². The van der Waals surface area contributed by atoms with Crippen LogP contribution in [-0.4, -0.2) is 36.7 Å². The summed E-state index contributed by atoms with van der Waals surface area (Å²) in [5, 5.41) is 10.8. The fourth-order valence-corrected chi connectivity index (χ4v) is 1.28. The summed E-state index contributed by atoms with van der Waals surface area (Å²) >= 11 is 0. The van der Waals surface area contributed by atoms with E-state index >= 15 is 0 Å². The van der Waals surface area contributed by atoms with Gasteiger partial charge in [-0.05, 0) is 13.0 Å². The predicted octanol–water partition coefficient (Wildman–Crippen LogP) is 1.46. The molecule has 0 fully saturated rings. The first kappa shape index (κ1) is 12.4. The third-order valence-electron chi connectivity index (χ3n) is 2.10. The predicted molar refractivity (Wildman–Crippen MR) is 60.7 cm³/mol. The fourth-order valence-electron chi connectivity index (χ4n) is 1.28. The normalized spacial score (nSPS) is 10.1. The van der Waals surface area contributed by atoms with E-state index in [1.807, 2.05) is 6.92 Å². The zero-order valence-corrected chi connectivity index (χ0v) is 9.42. The summed E-state index contributed by atoms with van der Waals surface area (Å²) in [6.45, 7) is 3.65. The van der Waals surface area contributed by atoms with Crippen LogP contribution in [0.15, 0.2) is 18.3 Å². The minimum atomic E-state index is -0.431. The second kappa shape index (κ2) is 6.02. The van der Waals surface area contributed by atoms with Crippen LogP contribution in [-0.2, 0) is 4.74 Å². The van der Waals surface area contributed by atoms with Crippen LogP contribution in [0.5, 0.6) is 0 Å². The van der Waals surface area contributed by atoms with Gasteiger partial charge in [0.05, 0.1) is 11.5 Å². The van der Waals surface area contributed by atoms with E-state index in [1.54, 1.807) is 24.2 Å². The summed E-state index contributed by atoms with van der Waals surface area (Å²) in [7, 11) is 1.76. The van der Waals surface area contributed by atoms with Crippen molar-refractivity contribution in [3.63, 3.8) is 0 Å². The lowest BCUT2D eigenvalue weighted by molar-refractivity contribution is -0.384. The van der Waals surface area contributed by atoms with Crippen molar-refractivity contribution in [3.8, 4) is 0 Å². The number of anilines is 1. The van der Waals surface area contributed by atoms with E-state index in [0.29, 0.717) is 25.6 Å². The number of likely N-dealkylation sites (N-methyl/N-ethyl adjacent to an activating group) is 1. The van der Waals surface area contributed by atoms with E-state index in [9.17, 15) is 10.1 Å². The lowest BCUT2D eigenvalue weighted by Crippen LogP contribution is -2.24. The molecule has 0 saturated heterocycles. The van der Waals surface area contributed by atoms with Gasteiger partial charge in [0.1, 0.15) is 0 Å². The average molecular weight is 225 g/mol. The number of ether oxygens (including phenoxy) is 1. The molecule has 0 saturated carbocycles. The minimum absolute atomic E-state index is 0.0153. The van der Waals surface area contributed by atoms with Crippen LogP contribution in [0.1, 0.15) is 6.92 Å². The molecule has 0 unspecified atom stereocenters.